The Morgan fingerprint density at radius 2 is 1.74 bits per heavy atom. The molecule has 0 radical (unpaired) electrons. The van der Waals surface area contributed by atoms with Gasteiger partial charge in [-0.15, -0.1) is 10.2 Å². The van der Waals surface area contributed by atoms with Crippen LogP contribution in [0.2, 0.25) is 5.02 Å². The van der Waals surface area contributed by atoms with Crippen LogP contribution in [0.4, 0.5) is 0 Å². The summed E-state index contributed by atoms with van der Waals surface area (Å²) >= 11 is 7.77. The Labute approximate surface area is 260 Å². The van der Waals surface area contributed by atoms with Crippen LogP contribution in [0.3, 0.4) is 0 Å². The van der Waals surface area contributed by atoms with Crippen LogP contribution in [0, 0.1) is 6.92 Å². The van der Waals surface area contributed by atoms with E-state index >= 15 is 0 Å². The number of rotatable bonds is 8. The first-order chi connectivity index (χ1) is 20.9. The van der Waals surface area contributed by atoms with Crippen molar-refractivity contribution in [2.75, 3.05) is 25.4 Å². The zero-order valence-corrected chi connectivity index (χ0v) is 25.8. The largest absolute Gasteiger partial charge is 0.339 e. The van der Waals surface area contributed by atoms with Gasteiger partial charge in [0.2, 0.25) is 11.1 Å². The molecule has 1 aliphatic rings. The molecule has 1 aliphatic heterocycles. The molecule has 0 N–H and O–H groups in total. The second-order valence-corrected chi connectivity index (χ2v) is 12.4. The van der Waals surface area contributed by atoms with Gasteiger partial charge in [0.15, 0.2) is 5.65 Å². The molecule has 0 spiro atoms. The lowest BCUT2D eigenvalue weighted by atomic mass is 10.1. The molecule has 1 saturated heterocycles. The third-order valence-electron chi connectivity index (χ3n) is 8.06. The summed E-state index contributed by atoms with van der Waals surface area (Å²) in [6.45, 7) is 6.31. The fourth-order valence-electron chi connectivity index (χ4n) is 5.69. The van der Waals surface area contributed by atoms with Crippen LogP contribution in [0.25, 0.3) is 22.1 Å². The quantitative estimate of drug-likeness (QED) is 0.152. The Morgan fingerprint density at radius 3 is 2.56 bits per heavy atom. The van der Waals surface area contributed by atoms with E-state index < -0.39 is 0 Å². The van der Waals surface area contributed by atoms with Gasteiger partial charge in [-0.25, -0.2) is 4.98 Å². The highest BCUT2D eigenvalue weighted by molar-refractivity contribution is 7.99. The topological polar surface area (TPSA) is 84.2 Å². The van der Waals surface area contributed by atoms with E-state index in [4.69, 9.17) is 16.6 Å². The molecule has 8 nitrogen and oxygen atoms in total. The van der Waals surface area contributed by atoms with Crippen LogP contribution < -0.4 is 0 Å². The predicted octanol–water partition coefficient (Wildman–Crippen LogP) is 6.24. The van der Waals surface area contributed by atoms with Crippen molar-refractivity contribution in [1.82, 2.24) is 29.5 Å². The first kappa shape index (κ1) is 29.1. The number of nitrogens with zero attached hydrogens (tertiary/aromatic N) is 6. The van der Waals surface area contributed by atoms with Crippen LogP contribution in [0.15, 0.2) is 78.0 Å². The maximum absolute atomic E-state index is 13.0. The van der Waals surface area contributed by atoms with Crippen LogP contribution in [-0.4, -0.2) is 72.8 Å². The second kappa shape index (κ2) is 12.7. The van der Waals surface area contributed by atoms with Crippen molar-refractivity contribution in [2.45, 2.75) is 44.4 Å². The van der Waals surface area contributed by atoms with E-state index in [0.29, 0.717) is 60.5 Å². The molecule has 1 fully saturated rings. The standard InChI is InChI=1S/C33H33ClN6O2S/c1-22-10-3-4-11-24(22)21-40-28-15-8-6-13-26(28)30-31(40)35-33(37-36-30)43-19-9-16-29(41)38-17-18-39(23(2)20-38)32(42)25-12-5-7-14-27(25)34/h3-8,10-15,23H,9,16-21H2,1-2H3. The maximum Gasteiger partial charge on any atom is 0.255 e. The van der Waals surface area contributed by atoms with E-state index in [1.54, 1.807) is 17.0 Å². The molecule has 220 valence electrons. The fraction of sp³-hybridized carbons (Fsp3) is 0.303. The summed E-state index contributed by atoms with van der Waals surface area (Å²) in [5, 5.41) is 11.1. The molecule has 3 heterocycles. The van der Waals surface area contributed by atoms with Gasteiger partial charge in [-0.2, -0.15) is 0 Å². The molecular formula is C33H33ClN6O2S. The van der Waals surface area contributed by atoms with Crippen LogP contribution in [0.5, 0.6) is 0 Å². The average molecular weight is 613 g/mol. The number of amides is 2. The average Bonchev–Trinajstić information content (AvgIpc) is 3.32. The molecule has 2 aromatic heterocycles. The molecule has 2 amide bonds. The fourth-order valence-corrected chi connectivity index (χ4v) is 6.63. The maximum atomic E-state index is 13.0. The first-order valence-corrected chi connectivity index (χ1v) is 15.9. The Balaban J connectivity index is 1.07. The number of carbonyl (C=O) groups is 2. The summed E-state index contributed by atoms with van der Waals surface area (Å²) in [4.78, 5) is 34.6. The van der Waals surface area contributed by atoms with Crippen molar-refractivity contribution < 1.29 is 9.59 Å². The first-order valence-electron chi connectivity index (χ1n) is 14.5. The highest BCUT2D eigenvalue weighted by atomic mass is 35.5. The van der Waals surface area contributed by atoms with E-state index in [2.05, 4.69) is 58.1 Å². The van der Waals surface area contributed by atoms with E-state index in [0.717, 1.165) is 22.1 Å². The number of thioether (sulfide) groups is 1. The molecule has 1 unspecified atom stereocenters. The van der Waals surface area contributed by atoms with Gasteiger partial charge in [0.05, 0.1) is 16.1 Å². The van der Waals surface area contributed by atoms with Crippen molar-refractivity contribution in [3.8, 4) is 0 Å². The van der Waals surface area contributed by atoms with E-state index in [1.165, 1.54) is 22.9 Å². The Morgan fingerprint density at radius 1 is 0.977 bits per heavy atom. The minimum atomic E-state index is -0.0925. The molecule has 5 aromatic rings. The minimum absolute atomic E-state index is 0.0894. The smallest absolute Gasteiger partial charge is 0.255 e. The summed E-state index contributed by atoms with van der Waals surface area (Å²) in [6.07, 6.45) is 1.13. The van der Waals surface area contributed by atoms with Gasteiger partial charge in [-0.1, -0.05) is 78.0 Å². The van der Waals surface area contributed by atoms with E-state index in [1.807, 2.05) is 36.1 Å². The number of piperazine rings is 1. The number of aromatic nitrogens is 4. The third-order valence-corrected chi connectivity index (χ3v) is 9.31. The molecule has 0 aliphatic carbocycles. The lowest BCUT2D eigenvalue weighted by Gasteiger charge is -2.40. The van der Waals surface area contributed by atoms with Crippen molar-refractivity contribution in [3.63, 3.8) is 0 Å². The van der Waals surface area contributed by atoms with Gasteiger partial charge in [-0.05, 0) is 49.6 Å². The van der Waals surface area contributed by atoms with Gasteiger partial charge in [-0.3, -0.25) is 9.59 Å². The number of para-hydroxylation sites is 1. The van der Waals surface area contributed by atoms with Gasteiger partial charge in [0, 0.05) is 49.8 Å². The number of halogens is 1. The summed E-state index contributed by atoms with van der Waals surface area (Å²) in [7, 11) is 0. The molecule has 6 rings (SSSR count). The summed E-state index contributed by atoms with van der Waals surface area (Å²) in [6, 6.07) is 23.6. The molecule has 3 aromatic carbocycles. The Kier molecular flexibility index (Phi) is 8.63. The lowest BCUT2D eigenvalue weighted by Crippen LogP contribution is -2.55. The van der Waals surface area contributed by atoms with E-state index in [9.17, 15) is 9.59 Å². The number of hydrogen-bond donors (Lipinski definition) is 0. The molecule has 1 atom stereocenters. The van der Waals surface area contributed by atoms with Gasteiger partial charge >= 0.3 is 0 Å². The van der Waals surface area contributed by atoms with E-state index in [-0.39, 0.29) is 17.9 Å². The molecule has 10 heteroatoms. The highest BCUT2D eigenvalue weighted by Gasteiger charge is 2.30. The van der Waals surface area contributed by atoms with Crippen molar-refractivity contribution in [3.05, 3.63) is 94.5 Å². The molecular weight excluding hydrogens is 580 g/mol. The van der Waals surface area contributed by atoms with Crippen LogP contribution in [-0.2, 0) is 11.3 Å². The summed E-state index contributed by atoms with van der Waals surface area (Å²) < 4.78 is 2.21. The highest BCUT2D eigenvalue weighted by Crippen LogP contribution is 2.29. The lowest BCUT2D eigenvalue weighted by molar-refractivity contribution is -0.133. The third kappa shape index (κ3) is 6.10. The zero-order valence-electron chi connectivity index (χ0n) is 24.2. The minimum Gasteiger partial charge on any atom is -0.339 e. The van der Waals surface area contributed by atoms with Crippen molar-refractivity contribution >= 4 is 57.2 Å². The van der Waals surface area contributed by atoms with Crippen LogP contribution >= 0.6 is 23.4 Å². The number of fused-ring (bicyclic) bond motifs is 3. The number of hydrogen-bond acceptors (Lipinski definition) is 6. The SMILES string of the molecule is Cc1ccccc1Cn1c2ccccc2c2nnc(SCCCC(=O)N3CCN(C(=O)c4ccccc4Cl)C(C)C3)nc21. The van der Waals surface area contributed by atoms with Gasteiger partial charge < -0.3 is 14.4 Å². The van der Waals surface area contributed by atoms with Gasteiger partial charge in [0.1, 0.15) is 5.52 Å². The Hall–Kier alpha value is -3.95. The summed E-state index contributed by atoms with van der Waals surface area (Å²) in [5.41, 5.74) is 5.66. The van der Waals surface area contributed by atoms with Crippen molar-refractivity contribution in [1.29, 1.82) is 0 Å². The zero-order chi connectivity index (χ0) is 29.9. The number of carbonyl (C=O) groups excluding carboxylic acids is 2. The van der Waals surface area contributed by atoms with Gasteiger partial charge in [0.25, 0.3) is 5.91 Å². The Bertz CT molecular complexity index is 1810. The summed E-state index contributed by atoms with van der Waals surface area (Å²) in [5.74, 6) is 0.715. The number of benzene rings is 3. The molecule has 0 bridgehead atoms. The normalized spacial score (nSPS) is 15.4. The number of aryl methyl sites for hydroxylation is 1. The van der Waals surface area contributed by atoms with Crippen molar-refractivity contribution in [2.24, 2.45) is 0 Å². The molecule has 43 heavy (non-hydrogen) atoms. The second-order valence-electron chi connectivity index (χ2n) is 10.9. The predicted molar refractivity (Wildman–Crippen MR) is 172 cm³/mol. The molecule has 0 saturated carbocycles. The monoisotopic (exact) mass is 612 g/mol. The van der Waals surface area contributed by atoms with Crippen LogP contribution in [0.1, 0.15) is 41.3 Å².